The first kappa shape index (κ1) is 26.4. The highest BCUT2D eigenvalue weighted by molar-refractivity contribution is 6.28. The Kier molecular flexibility index (Phi) is 5.37. The molecule has 0 saturated heterocycles. The van der Waals surface area contributed by atoms with Gasteiger partial charge in [0.1, 0.15) is 0 Å². The van der Waals surface area contributed by atoms with Crippen molar-refractivity contribution in [2.24, 2.45) is 0 Å². The fraction of sp³-hybridized carbons (Fsp3) is 0.0667. The van der Waals surface area contributed by atoms with Crippen LogP contribution in [0.4, 0.5) is 0 Å². The van der Waals surface area contributed by atoms with Gasteiger partial charge in [0, 0.05) is 38.3 Å². The maximum absolute atomic E-state index is 2.43. The van der Waals surface area contributed by atoms with E-state index in [1.165, 1.54) is 88.4 Å². The second-order valence-electron chi connectivity index (χ2n) is 13.4. The van der Waals surface area contributed by atoms with Crippen molar-refractivity contribution in [3.05, 3.63) is 169 Å². The number of fused-ring (bicyclic) bond motifs is 10. The third-order valence-electron chi connectivity index (χ3n) is 10.5. The monoisotopic (exact) mass is 600 g/mol. The van der Waals surface area contributed by atoms with Crippen LogP contribution in [0.25, 0.3) is 77.2 Å². The van der Waals surface area contributed by atoms with Crippen LogP contribution >= 0.6 is 0 Å². The van der Waals surface area contributed by atoms with Crippen LogP contribution < -0.4 is 0 Å². The summed E-state index contributed by atoms with van der Waals surface area (Å²) in [7, 11) is 0. The second-order valence-corrected chi connectivity index (χ2v) is 13.4. The molecule has 0 bridgehead atoms. The summed E-state index contributed by atoms with van der Waals surface area (Å²) in [6.07, 6.45) is 0. The summed E-state index contributed by atoms with van der Waals surface area (Å²) in [5.74, 6) is 0. The molecule has 47 heavy (non-hydrogen) atoms. The molecule has 0 atom stereocenters. The van der Waals surface area contributed by atoms with Gasteiger partial charge in [0.2, 0.25) is 0 Å². The fourth-order valence-electron chi connectivity index (χ4n) is 8.35. The average Bonchev–Trinajstić information content (AvgIpc) is 3.72. The number of nitrogens with zero attached hydrogens (tertiary/aromatic N) is 2. The minimum Gasteiger partial charge on any atom is -0.309 e. The first-order chi connectivity index (χ1) is 23.1. The van der Waals surface area contributed by atoms with Crippen molar-refractivity contribution in [2.75, 3.05) is 0 Å². The van der Waals surface area contributed by atoms with Gasteiger partial charge >= 0.3 is 0 Å². The summed E-state index contributed by atoms with van der Waals surface area (Å²) in [6, 6.07) is 58.0. The van der Waals surface area contributed by atoms with Crippen LogP contribution in [-0.2, 0) is 5.41 Å². The van der Waals surface area contributed by atoms with Gasteiger partial charge in [-0.05, 0) is 88.0 Å². The minimum atomic E-state index is 0.0175. The number of para-hydroxylation sites is 3. The molecule has 0 aliphatic heterocycles. The second kappa shape index (κ2) is 9.57. The molecule has 0 saturated carbocycles. The van der Waals surface area contributed by atoms with Crippen molar-refractivity contribution in [1.82, 2.24) is 9.13 Å². The summed E-state index contributed by atoms with van der Waals surface area (Å²) >= 11 is 0. The van der Waals surface area contributed by atoms with Gasteiger partial charge in [-0.15, -0.1) is 0 Å². The number of benzene rings is 7. The molecule has 0 amide bonds. The topological polar surface area (TPSA) is 9.86 Å². The zero-order valence-electron chi connectivity index (χ0n) is 26.4. The molecule has 2 heterocycles. The van der Waals surface area contributed by atoms with Gasteiger partial charge in [-0.1, -0.05) is 117 Å². The van der Waals surface area contributed by atoms with Gasteiger partial charge in [0.05, 0.1) is 22.1 Å². The smallest absolute Gasteiger partial charge is 0.0548 e. The van der Waals surface area contributed by atoms with Crippen LogP contribution in [0, 0.1) is 0 Å². The predicted molar refractivity (Wildman–Crippen MR) is 198 cm³/mol. The SMILES string of the molecule is CC1(C)c2ccccc2-c2cc(-c3ccc(-n4c5ccccc5c5c6c7ccccc7n(-c7ccccc7)c6ccc54)cc3)ccc21. The number of rotatable bonds is 3. The molecule has 222 valence electrons. The van der Waals surface area contributed by atoms with Gasteiger partial charge in [0.15, 0.2) is 0 Å². The van der Waals surface area contributed by atoms with Gasteiger partial charge in [-0.2, -0.15) is 0 Å². The van der Waals surface area contributed by atoms with Crippen molar-refractivity contribution < 1.29 is 0 Å². The molecule has 2 heteroatoms. The van der Waals surface area contributed by atoms with E-state index in [1.807, 2.05) is 0 Å². The van der Waals surface area contributed by atoms with Crippen LogP contribution in [0.1, 0.15) is 25.0 Å². The number of hydrogen-bond donors (Lipinski definition) is 0. The Hall–Kier alpha value is -5.86. The molecule has 0 spiro atoms. The molecule has 9 aromatic rings. The molecule has 7 aromatic carbocycles. The van der Waals surface area contributed by atoms with Crippen LogP contribution in [0.15, 0.2) is 158 Å². The Balaban J connectivity index is 1.16. The molecule has 0 N–H and O–H groups in total. The third kappa shape index (κ3) is 3.61. The maximum atomic E-state index is 2.43. The molecule has 2 nitrogen and oxygen atoms in total. The van der Waals surface area contributed by atoms with Gasteiger partial charge in [-0.25, -0.2) is 0 Å². The van der Waals surface area contributed by atoms with Crippen molar-refractivity contribution in [3.63, 3.8) is 0 Å². The highest BCUT2D eigenvalue weighted by Gasteiger charge is 2.35. The van der Waals surface area contributed by atoms with Gasteiger partial charge in [-0.3, -0.25) is 0 Å². The lowest BCUT2D eigenvalue weighted by atomic mass is 9.82. The minimum absolute atomic E-state index is 0.0175. The summed E-state index contributed by atoms with van der Waals surface area (Å²) in [5.41, 5.74) is 15.3. The normalized spacial score (nSPS) is 13.5. The molecular weight excluding hydrogens is 569 g/mol. The number of hydrogen-bond acceptors (Lipinski definition) is 0. The first-order valence-corrected chi connectivity index (χ1v) is 16.5. The lowest BCUT2D eigenvalue weighted by molar-refractivity contribution is 0.660. The van der Waals surface area contributed by atoms with E-state index in [0.717, 1.165) is 0 Å². The van der Waals surface area contributed by atoms with Crippen molar-refractivity contribution in [2.45, 2.75) is 19.3 Å². The lowest BCUT2D eigenvalue weighted by Crippen LogP contribution is -2.14. The van der Waals surface area contributed by atoms with E-state index < -0.39 is 0 Å². The third-order valence-corrected chi connectivity index (χ3v) is 10.5. The zero-order chi connectivity index (χ0) is 31.3. The number of aromatic nitrogens is 2. The highest BCUT2D eigenvalue weighted by atomic mass is 15.0. The van der Waals surface area contributed by atoms with Gasteiger partial charge < -0.3 is 9.13 Å². The Bertz CT molecular complexity index is 2680. The Morgan fingerprint density at radius 3 is 1.55 bits per heavy atom. The summed E-state index contributed by atoms with van der Waals surface area (Å²) < 4.78 is 4.84. The van der Waals surface area contributed by atoms with E-state index >= 15 is 0 Å². The first-order valence-electron chi connectivity index (χ1n) is 16.5. The van der Waals surface area contributed by atoms with E-state index in [4.69, 9.17) is 0 Å². The molecule has 1 aliphatic carbocycles. The van der Waals surface area contributed by atoms with E-state index in [0.29, 0.717) is 0 Å². The fourth-order valence-corrected chi connectivity index (χ4v) is 8.35. The van der Waals surface area contributed by atoms with Crippen LogP contribution in [0.2, 0.25) is 0 Å². The van der Waals surface area contributed by atoms with E-state index in [9.17, 15) is 0 Å². The van der Waals surface area contributed by atoms with Crippen molar-refractivity contribution in [3.8, 4) is 33.6 Å². The standard InChI is InChI=1S/C45H32N2/c1-45(2)37-17-9-6-14-33(37)36-28-30(22-25-38(36)45)29-20-23-32(24-21-29)47-40-19-11-8-16-35(40)44-42(47)27-26-41-43(44)34-15-7-10-18-39(34)46(41)31-12-4-3-5-13-31/h3-28H,1-2H3. The zero-order valence-corrected chi connectivity index (χ0v) is 26.4. The van der Waals surface area contributed by atoms with Crippen molar-refractivity contribution in [1.29, 1.82) is 0 Å². The largest absolute Gasteiger partial charge is 0.309 e. The molecule has 10 rings (SSSR count). The predicted octanol–water partition coefficient (Wildman–Crippen LogP) is 11.9. The van der Waals surface area contributed by atoms with Gasteiger partial charge in [0.25, 0.3) is 0 Å². The van der Waals surface area contributed by atoms with E-state index in [1.54, 1.807) is 0 Å². The van der Waals surface area contributed by atoms with Crippen molar-refractivity contribution >= 4 is 43.6 Å². The summed E-state index contributed by atoms with van der Waals surface area (Å²) in [4.78, 5) is 0. The molecular formula is C45H32N2. The molecule has 1 aliphatic rings. The average molecular weight is 601 g/mol. The maximum Gasteiger partial charge on any atom is 0.0548 e. The summed E-state index contributed by atoms with van der Waals surface area (Å²) in [5, 5.41) is 5.15. The van der Waals surface area contributed by atoms with Crippen LogP contribution in [0.5, 0.6) is 0 Å². The van der Waals surface area contributed by atoms with E-state index in [2.05, 4.69) is 181 Å². The Morgan fingerprint density at radius 1 is 0.383 bits per heavy atom. The Labute approximate surface area is 273 Å². The summed E-state index contributed by atoms with van der Waals surface area (Å²) in [6.45, 7) is 4.68. The molecule has 2 aromatic heterocycles. The molecule has 0 radical (unpaired) electrons. The Morgan fingerprint density at radius 2 is 0.894 bits per heavy atom. The van der Waals surface area contributed by atoms with E-state index in [-0.39, 0.29) is 5.41 Å². The van der Waals surface area contributed by atoms with Crippen LogP contribution in [-0.4, -0.2) is 9.13 Å². The lowest BCUT2D eigenvalue weighted by Gasteiger charge is -2.21. The molecule has 0 unspecified atom stereocenters. The quantitative estimate of drug-likeness (QED) is 0.191. The molecule has 0 fully saturated rings. The van der Waals surface area contributed by atoms with Crippen LogP contribution in [0.3, 0.4) is 0 Å². The highest BCUT2D eigenvalue weighted by Crippen LogP contribution is 2.49.